The molecule has 0 heterocycles. The molecule has 1 N–H and O–H groups in total. The number of isocyanates is 1. The maximum Gasteiger partial charge on any atom is 0.296 e. The van der Waals surface area contributed by atoms with Gasteiger partial charge in [0.25, 0.3) is 10.1 Å². The summed E-state index contributed by atoms with van der Waals surface area (Å²) in [6, 6.07) is 2.95. The number of carbonyl (C=O) groups excluding carboxylic acids is 1. The first-order valence-corrected chi connectivity index (χ1v) is 6.67. The van der Waals surface area contributed by atoms with Crippen LogP contribution in [-0.4, -0.2) is 19.1 Å². The van der Waals surface area contributed by atoms with Gasteiger partial charge in [-0.15, -0.1) is 0 Å². The SMILES string of the molecule is O=C=Nc1cc2c(cc1S(=O)(=O)O)CCCC2. The van der Waals surface area contributed by atoms with Crippen molar-refractivity contribution >= 4 is 21.9 Å². The van der Waals surface area contributed by atoms with Crippen molar-refractivity contribution in [1.29, 1.82) is 0 Å². The quantitative estimate of drug-likeness (QED) is 0.494. The van der Waals surface area contributed by atoms with Crippen molar-refractivity contribution in [3.8, 4) is 0 Å². The number of hydrogen-bond acceptors (Lipinski definition) is 4. The lowest BCUT2D eigenvalue weighted by Gasteiger charge is -2.17. The van der Waals surface area contributed by atoms with Crippen LogP contribution in [-0.2, 0) is 27.8 Å². The first kappa shape index (κ1) is 12.0. The van der Waals surface area contributed by atoms with Gasteiger partial charge in [-0.25, -0.2) is 4.79 Å². The molecule has 0 spiro atoms. The highest BCUT2D eigenvalue weighted by Crippen LogP contribution is 2.31. The fourth-order valence-corrected chi connectivity index (χ4v) is 2.75. The Bertz CT molecular complexity index is 600. The Morgan fingerprint density at radius 2 is 1.76 bits per heavy atom. The summed E-state index contributed by atoms with van der Waals surface area (Å²) < 4.78 is 31.4. The molecule has 0 bridgehead atoms. The molecule has 0 atom stereocenters. The van der Waals surface area contributed by atoms with Crippen LogP contribution >= 0.6 is 0 Å². The van der Waals surface area contributed by atoms with Crippen molar-refractivity contribution < 1.29 is 17.8 Å². The van der Waals surface area contributed by atoms with Crippen LogP contribution in [0.1, 0.15) is 24.0 Å². The number of aliphatic imine (C=N–C) groups is 1. The molecule has 0 radical (unpaired) electrons. The molecule has 90 valence electrons. The van der Waals surface area contributed by atoms with E-state index in [1.807, 2.05) is 0 Å². The van der Waals surface area contributed by atoms with E-state index >= 15 is 0 Å². The lowest BCUT2D eigenvalue weighted by molar-refractivity contribution is 0.483. The average molecular weight is 253 g/mol. The Labute approximate surface area is 98.9 Å². The van der Waals surface area contributed by atoms with Crippen LogP contribution in [0.15, 0.2) is 22.0 Å². The van der Waals surface area contributed by atoms with Gasteiger partial charge in [-0.1, -0.05) is 0 Å². The molecule has 0 fully saturated rings. The highest BCUT2D eigenvalue weighted by atomic mass is 32.2. The van der Waals surface area contributed by atoms with Gasteiger partial charge < -0.3 is 0 Å². The van der Waals surface area contributed by atoms with E-state index in [0.717, 1.165) is 36.8 Å². The summed E-state index contributed by atoms with van der Waals surface area (Å²) >= 11 is 0. The second-order valence-corrected chi connectivity index (χ2v) is 5.36. The second kappa shape index (κ2) is 4.41. The number of fused-ring (bicyclic) bond motifs is 1. The number of nitrogens with zero attached hydrogens (tertiary/aromatic N) is 1. The molecule has 0 saturated heterocycles. The molecule has 1 aliphatic rings. The molecule has 0 amide bonds. The zero-order valence-corrected chi connectivity index (χ0v) is 9.83. The van der Waals surface area contributed by atoms with E-state index in [2.05, 4.69) is 4.99 Å². The third kappa shape index (κ3) is 2.44. The standard InChI is InChI=1S/C11H11NO4S/c13-7-12-10-5-8-3-1-2-4-9(8)6-11(10)17(14,15)16/h5-6H,1-4H2,(H,14,15,16). The second-order valence-electron chi connectivity index (χ2n) is 3.97. The lowest BCUT2D eigenvalue weighted by atomic mass is 9.91. The molecule has 17 heavy (non-hydrogen) atoms. The Morgan fingerprint density at radius 3 is 2.29 bits per heavy atom. The molecular weight excluding hydrogens is 242 g/mol. The van der Waals surface area contributed by atoms with Crippen molar-refractivity contribution in [3.63, 3.8) is 0 Å². The third-order valence-corrected chi connectivity index (χ3v) is 3.75. The van der Waals surface area contributed by atoms with Gasteiger partial charge >= 0.3 is 0 Å². The van der Waals surface area contributed by atoms with Crippen LogP contribution in [0.4, 0.5) is 5.69 Å². The Morgan fingerprint density at radius 1 is 1.18 bits per heavy atom. The van der Waals surface area contributed by atoms with Crippen LogP contribution in [0, 0.1) is 0 Å². The third-order valence-electron chi connectivity index (χ3n) is 2.87. The molecule has 6 heteroatoms. The van der Waals surface area contributed by atoms with Gasteiger partial charge in [0.05, 0.1) is 5.69 Å². The highest BCUT2D eigenvalue weighted by molar-refractivity contribution is 7.86. The molecule has 0 aromatic heterocycles. The van der Waals surface area contributed by atoms with Gasteiger partial charge in [0, 0.05) is 0 Å². The van der Waals surface area contributed by atoms with E-state index in [0.29, 0.717) is 0 Å². The maximum atomic E-state index is 11.2. The van der Waals surface area contributed by atoms with Crippen LogP contribution in [0.2, 0.25) is 0 Å². The predicted molar refractivity (Wildman–Crippen MR) is 60.7 cm³/mol. The van der Waals surface area contributed by atoms with E-state index in [4.69, 9.17) is 4.55 Å². The monoisotopic (exact) mass is 253 g/mol. The van der Waals surface area contributed by atoms with E-state index in [1.165, 1.54) is 12.1 Å². The van der Waals surface area contributed by atoms with Crippen molar-refractivity contribution in [2.24, 2.45) is 4.99 Å². The summed E-state index contributed by atoms with van der Waals surface area (Å²) in [5.74, 6) is 0. The number of hydrogen-bond donors (Lipinski definition) is 1. The van der Waals surface area contributed by atoms with E-state index < -0.39 is 10.1 Å². The molecule has 1 aromatic carbocycles. The minimum Gasteiger partial charge on any atom is -0.282 e. The largest absolute Gasteiger partial charge is 0.296 e. The Kier molecular flexibility index (Phi) is 3.11. The van der Waals surface area contributed by atoms with Crippen molar-refractivity contribution in [2.45, 2.75) is 30.6 Å². The van der Waals surface area contributed by atoms with Crippen LogP contribution < -0.4 is 0 Å². The lowest BCUT2D eigenvalue weighted by Crippen LogP contribution is -2.06. The smallest absolute Gasteiger partial charge is 0.282 e. The maximum absolute atomic E-state index is 11.2. The fourth-order valence-electron chi connectivity index (χ4n) is 2.09. The first-order chi connectivity index (χ1) is 8.02. The Hall–Kier alpha value is -1.49. The fraction of sp³-hybridized carbons (Fsp3) is 0.364. The summed E-state index contributed by atoms with van der Waals surface area (Å²) in [5.41, 5.74) is 1.84. The summed E-state index contributed by atoms with van der Waals surface area (Å²) in [5, 5.41) is 0. The van der Waals surface area contributed by atoms with E-state index in [-0.39, 0.29) is 10.6 Å². The van der Waals surface area contributed by atoms with E-state index in [1.54, 1.807) is 6.07 Å². The molecule has 0 aliphatic heterocycles. The van der Waals surface area contributed by atoms with Gasteiger partial charge in [0.2, 0.25) is 6.08 Å². The van der Waals surface area contributed by atoms with Gasteiger partial charge in [-0.05, 0) is 48.9 Å². The van der Waals surface area contributed by atoms with Gasteiger partial charge in [0.1, 0.15) is 4.90 Å². The van der Waals surface area contributed by atoms with Crippen LogP contribution in [0.5, 0.6) is 0 Å². The summed E-state index contributed by atoms with van der Waals surface area (Å²) in [4.78, 5) is 13.3. The first-order valence-electron chi connectivity index (χ1n) is 5.23. The molecule has 5 nitrogen and oxygen atoms in total. The summed E-state index contributed by atoms with van der Waals surface area (Å²) in [6.07, 6.45) is 4.94. The number of rotatable bonds is 2. The Balaban J connectivity index is 2.68. The molecule has 1 aromatic rings. The molecule has 0 unspecified atom stereocenters. The topological polar surface area (TPSA) is 83.8 Å². The van der Waals surface area contributed by atoms with E-state index in [9.17, 15) is 13.2 Å². The zero-order chi connectivity index (χ0) is 12.5. The minimum absolute atomic E-state index is 0.0387. The highest BCUT2D eigenvalue weighted by Gasteiger charge is 2.20. The molecule has 0 saturated carbocycles. The van der Waals surface area contributed by atoms with Crippen LogP contribution in [0.3, 0.4) is 0 Å². The summed E-state index contributed by atoms with van der Waals surface area (Å²) in [7, 11) is -4.36. The normalized spacial score (nSPS) is 14.9. The van der Waals surface area contributed by atoms with Gasteiger partial charge in [-0.2, -0.15) is 13.4 Å². The minimum atomic E-state index is -4.36. The zero-order valence-electron chi connectivity index (χ0n) is 9.01. The van der Waals surface area contributed by atoms with Gasteiger partial charge in [0.15, 0.2) is 0 Å². The van der Waals surface area contributed by atoms with Crippen molar-refractivity contribution in [3.05, 3.63) is 23.3 Å². The number of benzene rings is 1. The average Bonchev–Trinajstić information content (AvgIpc) is 2.27. The van der Waals surface area contributed by atoms with Crippen molar-refractivity contribution in [1.82, 2.24) is 0 Å². The number of aryl methyl sites for hydroxylation is 2. The van der Waals surface area contributed by atoms with Crippen LogP contribution in [0.25, 0.3) is 0 Å². The predicted octanol–water partition coefficient (Wildman–Crippen LogP) is 1.78. The molecular formula is C11H11NO4S. The van der Waals surface area contributed by atoms with Gasteiger partial charge in [-0.3, -0.25) is 4.55 Å². The molecule has 1 aliphatic carbocycles. The summed E-state index contributed by atoms with van der Waals surface area (Å²) in [6.45, 7) is 0. The molecule has 2 rings (SSSR count). The van der Waals surface area contributed by atoms with Crippen molar-refractivity contribution in [2.75, 3.05) is 0 Å².